The van der Waals surface area contributed by atoms with Crippen LogP contribution in [0.2, 0.25) is 0 Å². The molecule has 29 heavy (non-hydrogen) atoms. The third-order valence-corrected chi connectivity index (χ3v) is 5.37. The average molecular weight is 430 g/mol. The number of benzene rings is 2. The fourth-order valence-electron chi connectivity index (χ4n) is 2.78. The van der Waals surface area contributed by atoms with Gasteiger partial charge < -0.3 is 10.1 Å². The van der Waals surface area contributed by atoms with Gasteiger partial charge in [-0.25, -0.2) is 8.42 Å². The lowest BCUT2D eigenvalue weighted by molar-refractivity contribution is -0.137. The molecule has 1 atom stereocenters. The molecule has 0 aliphatic heterocycles. The molecule has 2 aromatic carbocycles. The van der Waals surface area contributed by atoms with Crippen LogP contribution in [0.25, 0.3) is 0 Å². The van der Waals surface area contributed by atoms with E-state index in [-0.39, 0.29) is 5.69 Å². The van der Waals surface area contributed by atoms with E-state index in [0.717, 1.165) is 24.0 Å². The molecule has 0 unspecified atom stereocenters. The number of sulfonamides is 1. The van der Waals surface area contributed by atoms with Crippen LogP contribution >= 0.6 is 0 Å². The summed E-state index contributed by atoms with van der Waals surface area (Å²) < 4.78 is 69.5. The molecule has 0 radical (unpaired) electrons. The number of ether oxygens (including phenoxy) is 1. The lowest BCUT2D eigenvalue weighted by Crippen LogP contribution is -2.45. The third kappa shape index (κ3) is 5.41. The van der Waals surface area contributed by atoms with Gasteiger partial charge >= 0.3 is 6.18 Å². The number of methoxy groups -OCH3 is 1. The molecule has 2 rings (SSSR count). The molecule has 158 valence electrons. The number of alkyl halides is 3. The largest absolute Gasteiger partial charge is 0.495 e. The van der Waals surface area contributed by atoms with Crippen LogP contribution in [0.4, 0.5) is 24.5 Å². The van der Waals surface area contributed by atoms with Crippen molar-refractivity contribution in [3.05, 3.63) is 53.6 Å². The lowest BCUT2D eigenvalue weighted by atomic mass is 10.1. The molecule has 6 nitrogen and oxygen atoms in total. The molecule has 0 bridgehead atoms. The van der Waals surface area contributed by atoms with Crippen molar-refractivity contribution in [2.75, 3.05) is 23.0 Å². The van der Waals surface area contributed by atoms with Crippen LogP contribution in [-0.4, -0.2) is 33.7 Å². The van der Waals surface area contributed by atoms with Crippen molar-refractivity contribution in [3.63, 3.8) is 0 Å². The molecule has 1 N–H and O–H groups in total. The van der Waals surface area contributed by atoms with Gasteiger partial charge in [0.15, 0.2) is 0 Å². The van der Waals surface area contributed by atoms with Crippen molar-refractivity contribution in [1.29, 1.82) is 0 Å². The molecule has 0 aromatic heterocycles. The number of carbonyl (C=O) groups excluding carboxylic acids is 1. The van der Waals surface area contributed by atoms with Gasteiger partial charge in [0.05, 0.1) is 30.3 Å². The number of nitrogens with one attached hydrogen (secondary N) is 1. The molecule has 0 heterocycles. The van der Waals surface area contributed by atoms with Crippen LogP contribution in [0.1, 0.15) is 18.1 Å². The smallest absolute Gasteiger partial charge is 0.416 e. The maximum atomic E-state index is 13.0. The standard InChI is InChI=1S/C19H21F3N2O4S/c1-12-8-9-17(28-3)16(10-12)23-18(25)13(2)24(29(4,26)27)15-7-5-6-14(11-15)19(20,21)22/h5-11,13H,1-4H3,(H,23,25)/t13-/m1/s1. The summed E-state index contributed by atoms with van der Waals surface area (Å²) >= 11 is 0. The van der Waals surface area contributed by atoms with Gasteiger partial charge in [-0.05, 0) is 49.7 Å². The Morgan fingerprint density at radius 2 is 1.83 bits per heavy atom. The molecule has 10 heteroatoms. The van der Waals surface area contributed by atoms with Gasteiger partial charge in [-0.2, -0.15) is 13.2 Å². The average Bonchev–Trinajstić information content (AvgIpc) is 2.60. The fraction of sp³-hybridized carbons (Fsp3) is 0.316. The summed E-state index contributed by atoms with van der Waals surface area (Å²) in [4.78, 5) is 12.7. The minimum absolute atomic E-state index is 0.263. The van der Waals surface area contributed by atoms with Crippen molar-refractivity contribution in [3.8, 4) is 5.75 Å². The molecule has 1 amide bonds. The number of halogens is 3. The first-order valence-corrected chi connectivity index (χ1v) is 10.3. The highest BCUT2D eigenvalue weighted by Crippen LogP contribution is 2.33. The highest BCUT2D eigenvalue weighted by atomic mass is 32.2. The van der Waals surface area contributed by atoms with Gasteiger partial charge in [-0.3, -0.25) is 9.10 Å². The lowest BCUT2D eigenvalue weighted by Gasteiger charge is -2.29. The van der Waals surface area contributed by atoms with E-state index < -0.39 is 33.7 Å². The summed E-state index contributed by atoms with van der Waals surface area (Å²) in [6.45, 7) is 3.09. The number of carbonyl (C=O) groups is 1. The second kappa shape index (κ2) is 8.32. The van der Waals surface area contributed by atoms with E-state index >= 15 is 0 Å². The van der Waals surface area contributed by atoms with Crippen molar-refractivity contribution in [2.45, 2.75) is 26.1 Å². The zero-order valence-electron chi connectivity index (χ0n) is 16.2. The minimum Gasteiger partial charge on any atom is -0.495 e. The number of anilines is 2. The van der Waals surface area contributed by atoms with Crippen molar-refractivity contribution in [2.24, 2.45) is 0 Å². The topological polar surface area (TPSA) is 75.7 Å². The van der Waals surface area contributed by atoms with Crippen LogP contribution in [0.15, 0.2) is 42.5 Å². The number of rotatable bonds is 6. The van der Waals surface area contributed by atoms with Crippen LogP contribution < -0.4 is 14.4 Å². The van der Waals surface area contributed by atoms with Crippen LogP contribution in [0, 0.1) is 6.92 Å². The number of hydrogen-bond acceptors (Lipinski definition) is 4. The first-order valence-electron chi connectivity index (χ1n) is 8.46. The highest BCUT2D eigenvalue weighted by molar-refractivity contribution is 7.92. The zero-order chi connectivity index (χ0) is 22.0. The molecule has 0 saturated heterocycles. The van der Waals surface area contributed by atoms with Gasteiger partial charge in [0.25, 0.3) is 0 Å². The van der Waals surface area contributed by atoms with E-state index in [0.29, 0.717) is 21.8 Å². The number of hydrogen-bond donors (Lipinski definition) is 1. The number of amides is 1. The summed E-state index contributed by atoms with van der Waals surface area (Å²) in [5.41, 5.74) is -0.133. The number of aryl methyl sites for hydroxylation is 1. The molecule has 0 saturated carbocycles. The minimum atomic E-state index is -4.65. The van der Waals surface area contributed by atoms with Gasteiger partial charge in [0.2, 0.25) is 15.9 Å². The van der Waals surface area contributed by atoms with E-state index in [4.69, 9.17) is 4.74 Å². The van der Waals surface area contributed by atoms with E-state index in [1.807, 2.05) is 0 Å². The summed E-state index contributed by atoms with van der Waals surface area (Å²) in [7, 11) is -2.65. The van der Waals surface area contributed by atoms with E-state index in [1.165, 1.54) is 20.1 Å². The maximum absolute atomic E-state index is 13.0. The Morgan fingerprint density at radius 3 is 2.38 bits per heavy atom. The molecule has 0 aliphatic carbocycles. The van der Waals surface area contributed by atoms with Crippen molar-refractivity contribution >= 4 is 27.3 Å². The summed E-state index contributed by atoms with van der Waals surface area (Å²) in [5, 5.41) is 2.58. The second-order valence-electron chi connectivity index (χ2n) is 6.48. The Labute approximate surface area is 167 Å². The SMILES string of the molecule is COc1ccc(C)cc1NC(=O)[C@@H](C)N(c1cccc(C(F)(F)F)c1)S(C)(=O)=O. The fourth-order valence-corrected chi connectivity index (χ4v) is 3.95. The number of nitrogens with zero attached hydrogens (tertiary/aromatic N) is 1. The Hall–Kier alpha value is -2.75. The second-order valence-corrected chi connectivity index (χ2v) is 8.34. The molecular formula is C19H21F3N2O4S. The highest BCUT2D eigenvalue weighted by Gasteiger charge is 2.34. The predicted molar refractivity (Wildman–Crippen MR) is 105 cm³/mol. The Morgan fingerprint density at radius 1 is 1.17 bits per heavy atom. The summed E-state index contributed by atoms with van der Waals surface area (Å²) in [5.74, 6) is -0.363. The first kappa shape index (κ1) is 22.5. The van der Waals surface area contributed by atoms with Crippen molar-refractivity contribution < 1.29 is 31.1 Å². The van der Waals surface area contributed by atoms with Crippen LogP contribution in [0.5, 0.6) is 5.75 Å². The van der Waals surface area contributed by atoms with E-state index in [1.54, 1.807) is 25.1 Å². The quantitative estimate of drug-likeness (QED) is 0.756. The third-order valence-electron chi connectivity index (χ3n) is 4.13. The van der Waals surface area contributed by atoms with Gasteiger partial charge in [0.1, 0.15) is 11.8 Å². The molecular weight excluding hydrogens is 409 g/mol. The maximum Gasteiger partial charge on any atom is 0.416 e. The van der Waals surface area contributed by atoms with E-state index in [9.17, 15) is 26.4 Å². The molecule has 0 aliphatic rings. The van der Waals surface area contributed by atoms with Crippen LogP contribution in [-0.2, 0) is 21.0 Å². The Bertz CT molecular complexity index is 1010. The van der Waals surface area contributed by atoms with Gasteiger partial charge in [-0.1, -0.05) is 12.1 Å². The molecule has 0 fully saturated rings. The zero-order valence-corrected chi connectivity index (χ0v) is 17.1. The van der Waals surface area contributed by atoms with Crippen molar-refractivity contribution in [1.82, 2.24) is 0 Å². The molecule has 0 spiro atoms. The summed E-state index contributed by atoms with van der Waals surface area (Å²) in [6, 6.07) is 7.53. The summed E-state index contributed by atoms with van der Waals surface area (Å²) in [6.07, 6.45) is -3.83. The van der Waals surface area contributed by atoms with Gasteiger partial charge in [-0.15, -0.1) is 0 Å². The monoisotopic (exact) mass is 430 g/mol. The predicted octanol–water partition coefficient (Wildman–Crippen LogP) is 3.82. The normalized spacial score (nSPS) is 12.9. The van der Waals surface area contributed by atoms with E-state index in [2.05, 4.69) is 5.32 Å². The first-order chi connectivity index (χ1) is 13.3. The van der Waals surface area contributed by atoms with Gasteiger partial charge in [0, 0.05) is 0 Å². The molecule has 2 aromatic rings. The van der Waals surface area contributed by atoms with Crippen LogP contribution in [0.3, 0.4) is 0 Å². The Balaban J connectivity index is 2.42. The Kier molecular flexibility index (Phi) is 6.46.